The van der Waals surface area contributed by atoms with Gasteiger partial charge in [0.15, 0.2) is 0 Å². The first-order valence-electron chi connectivity index (χ1n) is 6.09. The Kier molecular flexibility index (Phi) is 1.76. The van der Waals surface area contributed by atoms with Crippen LogP contribution in [0.3, 0.4) is 0 Å². The predicted molar refractivity (Wildman–Crippen MR) is 58.6 cm³/mol. The molecule has 1 unspecified atom stereocenters. The minimum atomic E-state index is -0.624. The number of hydrogen-bond acceptors (Lipinski definition) is 2. The van der Waals surface area contributed by atoms with E-state index >= 15 is 0 Å². The van der Waals surface area contributed by atoms with Gasteiger partial charge in [0.2, 0.25) is 11.8 Å². The van der Waals surface area contributed by atoms with Crippen molar-refractivity contribution in [3.63, 3.8) is 0 Å². The van der Waals surface area contributed by atoms with Crippen LogP contribution in [-0.4, -0.2) is 34.3 Å². The van der Waals surface area contributed by atoms with Crippen LogP contribution in [0.4, 0.5) is 0 Å². The first kappa shape index (κ1) is 10.1. The molecule has 1 N–H and O–H groups in total. The van der Waals surface area contributed by atoms with Crippen molar-refractivity contribution >= 4 is 11.8 Å². The smallest absolute Gasteiger partial charge is 0.249 e. The topological polar surface area (TPSA) is 49.4 Å². The Hall–Kier alpha value is -1.06. The molecule has 4 nitrogen and oxygen atoms in total. The quantitative estimate of drug-likeness (QED) is 0.746. The van der Waals surface area contributed by atoms with E-state index in [0.29, 0.717) is 5.92 Å². The van der Waals surface area contributed by atoms with Crippen molar-refractivity contribution in [3.05, 3.63) is 0 Å². The van der Waals surface area contributed by atoms with Crippen LogP contribution in [0.1, 0.15) is 39.5 Å². The van der Waals surface area contributed by atoms with Gasteiger partial charge in [0.1, 0.15) is 12.1 Å². The van der Waals surface area contributed by atoms with E-state index in [4.69, 9.17) is 0 Å². The summed E-state index contributed by atoms with van der Waals surface area (Å²) in [5.74, 6) is 0.492. The molecule has 0 aromatic heterocycles. The lowest BCUT2D eigenvalue weighted by atomic mass is 9.90. The standard InChI is InChI=1S/C12H18N2O2/c1-11(5-6-11)14-7-9(15)13-12(2,10(14)16)8-3-4-8/h8H,3-7H2,1-2H3,(H,13,15). The van der Waals surface area contributed by atoms with Gasteiger partial charge in [-0.05, 0) is 45.4 Å². The van der Waals surface area contributed by atoms with Gasteiger partial charge in [-0.2, -0.15) is 0 Å². The van der Waals surface area contributed by atoms with Crippen molar-refractivity contribution in [2.45, 2.75) is 50.6 Å². The molecule has 1 atom stereocenters. The summed E-state index contributed by atoms with van der Waals surface area (Å²) in [7, 11) is 0. The Balaban J connectivity index is 1.90. The molecule has 16 heavy (non-hydrogen) atoms. The first-order valence-corrected chi connectivity index (χ1v) is 6.09. The van der Waals surface area contributed by atoms with E-state index < -0.39 is 5.54 Å². The van der Waals surface area contributed by atoms with Gasteiger partial charge in [-0.15, -0.1) is 0 Å². The number of carbonyl (C=O) groups is 2. The van der Waals surface area contributed by atoms with Crippen molar-refractivity contribution in [1.29, 1.82) is 0 Å². The fourth-order valence-corrected chi connectivity index (χ4v) is 2.70. The van der Waals surface area contributed by atoms with E-state index in [2.05, 4.69) is 12.2 Å². The van der Waals surface area contributed by atoms with Gasteiger partial charge in [0, 0.05) is 5.54 Å². The van der Waals surface area contributed by atoms with Gasteiger partial charge in [0.25, 0.3) is 0 Å². The zero-order valence-electron chi connectivity index (χ0n) is 9.88. The van der Waals surface area contributed by atoms with Crippen LogP contribution < -0.4 is 5.32 Å². The van der Waals surface area contributed by atoms with Gasteiger partial charge < -0.3 is 10.2 Å². The maximum absolute atomic E-state index is 12.5. The van der Waals surface area contributed by atoms with E-state index in [1.165, 1.54) is 0 Å². The average molecular weight is 222 g/mol. The number of hydrogen-bond donors (Lipinski definition) is 1. The van der Waals surface area contributed by atoms with Crippen molar-refractivity contribution in [1.82, 2.24) is 10.2 Å². The molecule has 2 saturated carbocycles. The molecule has 0 radical (unpaired) electrons. The van der Waals surface area contributed by atoms with Crippen LogP contribution in [0.2, 0.25) is 0 Å². The molecule has 0 aromatic carbocycles. The highest BCUT2D eigenvalue weighted by Crippen LogP contribution is 2.47. The fourth-order valence-electron chi connectivity index (χ4n) is 2.70. The van der Waals surface area contributed by atoms with Crippen LogP contribution in [0.5, 0.6) is 0 Å². The highest BCUT2D eigenvalue weighted by atomic mass is 16.2. The average Bonchev–Trinajstić information content (AvgIpc) is 3.04. The monoisotopic (exact) mass is 222 g/mol. The summed E-state index contributed by atoms with van der Waals surface area (Å²) in [5, 5.41) is 2.90. The number of nitrogens with one attached hydrogen (secondary N) is 1. The van der Waals surface area contributed by atoms with Crippen LogP contribution >= 0.6 is 0 Å². The lowest BCUT2D eigenvalue weighted by Crippen LogP contribution is -2.68. The Labute approximate surface area is 95.4 Å². The largest absolute Gasteiger partial charge is 0.340 e. The highest BCUT2D eigenvalue weighted by Gasteiger charge is 2.58. The summed E-state index contributed by atoms with van der Waals surface area (Å²) in [6.45, 7) is 4.22. The molecular formula is C12H18N2O2. The fraction of sp³-hybridized carbons (Fsp3) is 0.833. The minimum Gasteiger partial charge on any atom is -0.340 e. The molecule has 1 aliphatic heterocycles. The van der Waals surface area contributed by atoms with Gasteiger partial charge >= 0.3 is 0 Å². The molecular weight excluding hydrogens is 204 g/mol. The van der Waals surface area contributed by atoms with Crippen LogP contribution in [-0.2, 0) is 9.59 Å². The second-order valence-corrected chi connectivity index (χ2v) is 5.91. The molecule has 2 aliphatic carbocycles. The summed E-state index contributed by atoms with van der Waals surface area (Å²) in [4.78, 5) is 26.0. The molecule has 0 aromatic rings. The van der Waals surface area contributed by atoms with Crippen LogP contribution in [0.15, 0.2) is 0 Å². The third-order valence-corrected chi connectivity index (χ3v) is 4.41. The molecule has 0 spiro atoms. The summed E-state index contributed by atoms with van der Waals surface area (Å²) >= 11 is 0. The number of nitrogens with zero attached hydrogens (tertiary/aromatic N) is 1. The number of piperazine rings is 1. The zero-order chi connectivity index (χ0) is 11.6. The van der Waals surface area contributed by atoms with Gasteiger partial charge in [0.05, 0.1) is 0 Å². The van der Waals surface area contributed by atoms with Gasteiger partial charge in [-0.25, -0.2) is 0 Å². The number of rotatable bonds is 2. The first-order chi connectivity index (χ1) is 7.46. The third kappa shape index (κ3) is 1.28. The molecule has 3 rings (SSSR count). The zero-order valence-corrected chi connectivity index (χ0v) is 9.88. The SMILES string of the molecule is CC1(C2CC2)NC(=O)CN(C2(C)CC2)C1=O. The maximum Gasteiger partial charge on any atom is 0.249 e. The normalized spacial score (nSPS) is 37.2. The summed E-state index contributed by atoms with van der Waals surface area (Å²) < 4.78 is 0. The van der Waals surface area contributed by atoms with Gasteiger partial charge in [-0.3, -0.25) is 9.59 Å². The van der Waals surface area contributed by atoms with Crippen LogP contribution in [0.25, 0.3) is 0 Å². The maximum atomic E-state index is 12.5. The molecule has 1 saturated heterocycles. The molecule has 3 fully saturated rings. The summed E-state index contributed by atoms with van der Waals surface area (Å²) in [6, 6.07) is 0. The molecule has 0 bridgehead atoms. The second kappa shape index (κ2) is 2.79. The molecule has 3 aliphatic rings. The predicted octanol–water partition coefficient (Wildman–Crippen LogP) is 0.666. The molecule has 2 amide bonds. The lowest BCUT2D eigenvalue weighted by Gasteiger charge is -2.43. The molecule has 4 heteroatoms. The van der Waals surface area contributed by atoms with Crippen molar-refractivity contribution in [2.75, 3.05) is 6.54 Å². The van der Waals surface area contributed by atoms with Gasteiger partial charge in [-0.1, -0.05) is 0 Å². The summed E-state index contributed by atoms with van der Waals surface area (Å²) in [6.07, 6.45) is 4.19. The lowest BCUT2D eigenvalue weighted by molar-refractivity contribution is -0.153. The Morgan fingerprint density at radius 3 is 2.38 bits per heavy atom. The third-order valence-electron chi connectivity index (χ3n) is 4.41. The molecule has 88 valence electrons. The number of carbonyl (C=O) groups excluding carboxylic acids is 2. The van der Waals surface area contributed by atoms with E-state index in [-0.39, 0.29) is 23.9 Å². The molecule has 1 heterocycles. The Morgan fingerprint density at radius 2 is 1.88 bits per heavy atom. The second-order valence-electron chi connectivity index (χ2n) is 5.91. The van der Waals surface area contributed by atoms with E-state index in [9.17, 15) is 9.59 Å². The van der Waals surface area contributed by atoms with Crippen molar-refractivity contribution in [2.24, 2.45) is 5.92 Å². The Bertz CT molecular complexity index is 371. The minimum absolute atomic E-state index is 0.00197. The van der Waals surface area contributed by atoms with E-state index in [1.807, 2.05) is 11.8 Å². The van der Waals surface area contributed by atoms with E-state index in [1.54, 1.807) is 0 Å². The van der Waals surface area contributed by atoms with E-state index in [0.717, 1.165) is 25.7 Å². The van der Waals surface area contributed by atoms with Crippen molar-refractivity contribution < 1.29 is 9.59 Å². The number of amides is 2. The van der Waals surface area contributed by atoms with Crippen molar-refractivity contribution in [3.8, 4) is 0 Å². The summed E-state index contributed by atoms with van der Waals surface area (Å²) in [5.41, 5.74) is -0.661. The van der Waals surface area contributed by atoms with Crippen LogP contribution in [0, 0.1) is 5.92 Å². The Morgan fingerprint density at radius 1 is 1.25 bits per heavy atom. The highest BCUT2D eigenvalue weighted by molar-refractivity contribution is 5.98.